The Kier molecular flexibility index (Phi) is 6.23. The number of hydrogen-bond donors (Lipinski definition) is 1. The van der Waals surface area contributed by atoms with Gasteiger partial charge in [-0.3, -0.25) is 9.69 Å². The van der Waals surface area contributed by atoms with E-state index in [0.717, 1.165) is 11.3 Å². The summed E-state index contributed by atoms with van der Waals surface area (Å²) in [5, 5.41) is 2.70. The number of carbonyl (C=O) groups excluding carboxylic acids is 2. The van der Waals surface area contributed by atoms with Gasteiger partial charge < -0.3 is 10.1 Å². The molecule has 2 amide bonds. The lowest BCUT2D eigenvalue weighted by Gasteiger charge is -2.26. The van der Waals surface area contributed by atoms with Crippen molar-refractivity contribution in [2.75, 3.05) is 12.3 Å². The zero-order valence-electron chi connectivity index (χ0n) is 14.1. The average molecular weight is 367 g/mol. The van der Waals surface area contributed by atoms with E-state index in [1.807, 2.05) is 30.3 Å². The first kappa shape index (κ1) is 18.7. The molecule has 1 atom stereocenters. The van der Waals surface area contributed by atoms with Gasteiger partial charge in [0.05, 0.1) is 0 Å². The van der Waals surface area contributed by atoms with E-state index >= 15 is 0 Å². The van der Waals surface area contributed by atoms with Gasteiger partial charge in [0, 0.05) is 18.7 Å². The summed E-state index contributed by atoms with van der Waals surface area (Å²) in [7, 11) is 0. The maximum atomic E-state index is 12.8. The third-order valence-corrected chi connectivity index (χ3v) is 4.73. The molecule has 130 valence electrons. The molecule has 0 aliphatic carbocycles. The van der Waals surface area contributed by atoms with Crippen LogP contribution in [0.25, 0.3) is 0 Å². The Labute approximate surface area is 152 Å². The molecule has 0 radical (unpaired) electrons. The van der Waals surface area contributed by atoms with E-state index < -0.39 is 17.7 Å². The highest BCUT2D eigenvalue weighted by Gasteiger charge is 2.32. The smallest absolute Gasteiger partial charge is 0.408 e. The molecule has 1 aromatic rings. The second kappa shape index (κ2) is 7.98. The van der Waals surface area contributed by atoms with Gasteiger partial charge in [-0.1, -0.05) is 54.3 Å². The van der Waals surface area contributed by atoms with Gasteiger partial charge in [0.15, 0.2) is 0 Å². The number of alkyl carbamates (subject to hydrolysis) is 1. The molecule has 0 bridgehead atoms. The summed E-state index contributed by atoms with van der Waals surface area (Å²) < 4.78 is 5.85. The summed E-state index contributed by atoms with van der Waals surface area (Å²) in [6.07, 6.45) is -0.211. The largest absolute Gasteiger partial charge is 0.444 e. The number of nitrogens with one attached hydrogen (secondary N) is 1. The molecule has 0 unspecified atom stereocenters. The summed E-state index contributed by atoms with van der Waals surface area (Å²) in [4.78, 5) is 26.5. The van der Waals surface area contributed by atoms with Crippen LogP contribution in [0.15, 0.2) is 30.3 Å². The Morgan fingerprint density at radius 2 is 2.00 bits per heavy atom. The van der Waals surface area contributed by atoms with Crippen LogP contribution in [0.2, 0.25) is 0 Å². The quantitative estimate of drug-likeness (QED) is 0.830. The van der Waals surface area contributed by atoms with Crippen molar-refractivity contribution in [3.05, 3.63) is 35.9 Å². The molecule has 1 aliphatic rings. The third kappa shape index (κ3) is 5.49. The van der Waals surface area contributed by atoms with E-state index in [-0.39, 0.29) is 5.91 Å². The molecular formula is C17H22N2O3S2. The molecule has 7 heteroatoms. The van der Waals surface area contributed by atoms with Gasteiger partial charge in [-0.25, -0.2) is 4.79 Å². The van der Waals surface area contributed by atoms with Crippen LogP contribution in [-0.4, -0.2) is 45.2 Å². The maximum absolute atomic E-state index is 12.8. The molecule has 1 fully saturated rings. The van der Waals surface area contributed by atoms with Crippen molar-refractivity contribution in [1.29, 1.82) is 0 Å². The van der Waals surface area contributed by atoms with Crippen LogP contribution >= 0.6 is 24.0 Å². The molecule has 1 heterocycles. The van der Waals surface area contributed by atoms with Crippen molar-refractivity contribution >= 4 is 40.3 Å². The summed E-state index contributed by atoms with van der Waals surface area (Å²) in [6, 6.07) is 8.86. The number of amides is 2. The Hall–Kier alpha value is -1.60. The number of rotatable bonds is 4. The van der Waals surface area contributed by atoms with Crippen LogP contribution in [0.1, 0.15) is 26.3 Å². The second-order valence-corrected chi connectivity index (χ2v) is 8.22. The predicted molar refractivity (Wildman–Crippen MR) is 100 cm³/mol. The average Bonchev–Trinajstić information content (AvgIpc) is 2.91. The number of carbonyl (C=O) groups is 2. The first-order valence-electron chi connectivity index (χ1n) is 7.78. The molecule has 0 spiro atoms. The van der Waals surface area contributed by atoms with Crippen LogP contribution in [0, 0.1) is 0 Å². The van der Waals surface area contributed by atoms with Gasteiger partial charge in [-0.2, -0.15) is 0 Å². The minimum absolute atomic E-state index is 0.195. The number of hydrogen-bond acceptors (Lipinski definition) is 5. The predicted octanol–water partition coefficient (Wildman–Crippen LogP) is 2.98. The SMILES string of the molecule is CC(C)(C)OC(=O)N[C@H](Cc1ccccc1)C(=O)N1CCSC1=S. The fourth-order valence-corrected chi connectivity index (χ4v) is 3.50. The van der Waals surface area contributed by atoms with E-state index in [4.69, 9.17) is 17.0 Å². The maximum Gasteiger partial charge on any atom is 0.408 e. The number of nitrogens with zero attached hydrogens (tertiary/aromatic N) is 1. The number of benzene rings is 1. The molecule has 1 aliphatic heterocycles. The Morgan fingerprint density at radius 3 is 2.54 bits per heavy atom. The Bertz CT molecular complexity index is 614. The first-order valence-corrected chi connectivity index (χ1v) is 9.17. The van der Waals surface area contributed by atoms with Crippen molar-refractivity contribution in [1.82, 2.24) is 10.2 Å². The molecule has 1 N–H and O–H groups in total. The van der Waals surface area contributed by atoms with Gasteiger partial charge in [-0.05, 0) is 26.3 Å². The van der Waals surface area contributed by atoms with Crippen LogP contribution < -0.4 is 5.32 Å². The van der Waals surface area contributed by atoms with E-state index in [2.05, 4.69) is 5.32 Å². The van der Waals surface area contributed by atoms with Gasteiger partial charge in [-0.15, -0.1) is 0 Å². The number of thioether (sulfide) groups is 1. The number of thiocarbonyl (C=S) groups is 1. The van der Waals surface area contributed by atoms with Gasteiger partial charge in [0.1, 0.15) is 16.0 Å². The first-order chi connectivity index (χ1) is 11.3. The third-order valence-electron chi connectivity index (χ3n) is 3.30. The summed E-state index contributed by atoms with van der Waals surface area (Å²) in [5.74, 6) is 0.592. The van der Waals surface area contributed by atoms with Crippen LogP contribution in [0.4, 0.5) is 4.79 Å². The lowest BCUT2D eigenvalue weighted by Crippen LogP contribution is -2.50. The highest BCUT2D eigenvalue weighted by atomic mass is 32.2. The second-order valence-electron chi connectivity index (χ2n) is 6.49. The highest BCUT2D eigenvalue weighted by Crippen LogP contribution is 2.20. The molecule has 1 saturated heterocycles. The zero-order chi connectivity index (χ0) is 17.7. The zero-order valence-corrected chi connectivity index (χ0v) is 15.7. The van der Waals surface area contributed by atoms with Gasteiger partial charge in [0.2, 0.25) is 0 Å². The van der Waals surface area contributed by atoms with E-state index in [1.54, 1.807) is 25.7 Å². The molecule has 2 rings (SSSR count). The van der Waals surface area contributed by atoms with Gasteiger partial charge in [0.25, 0.3) is 5.91 Å². The molecular weight excluding hydrogens is 344 g/mol. The van der Waals surface area contributed by atoms with Crippen molar-refractivity contribution < 1.29 is 14.3 Å². The summed E-state index contributed by atoms with van der Waals surface area (Å²) in [5.41, 5.74) is 0.341. The minimum atomic E-state index is -0.709. The highest BCUT2D eigenvalue weighted by molar-refractivity contribution is 8.23. The van der Waals surface area contributed by atoms with Crippen molar-refractivity contribution in [3.8, 4) is 0 Å². The van der Waals surface area contributed by atoms with Crippen LogP contribution in [-0.2, 0) is 16.0 Å². The molecule has 0 aromatic heterocycles. The summed E-state index contributed by atoms with van der Waals surface area (Å²) >= 11 is 6.70. The summed E-state index contributed by atoms with van der Waals surface area (Å²) in [6.45, 7) is 5.93. The monoisotopic (exact) mass is 366 g/mol. The van der Waals surface area contributed by atoms with Crippen molar-refractivity contribution in [3.63, 3.8) is 0 Å². The van der Waals surface area contributed by atoms with Crippen molar-refractivity contribution in [2.45, 2.75) is 38.8 Å². The number of ether oxygens (including phenoxy) is 1. The van der Waals surface area contributed by atoms with Crippen molar-refractivity contribution in [2.24, 2.45) is 0 Å². The fourth-order valence-electron chi connectivity index (χ4n) is 2.28. The van der Waals surface area contributed by atoms with E-state index in [0.29, 0.717) is 17.3 Å². The van der Waals surface area contributed by atoms with Crippen LogP contribution in [0.5, 0.6) is 0 Å². The topological polar surface area (TPSA) is 58.6 Å². The van der Waals surface area contributed by atoms with Gasteiger partial charge >= 0.3 is 6.09 Å². The molecule has 0 saturated carbocycles. The lowest BCUT2D eigenvalue weighted by atomic mass is 10.1. The van der Waals surface area contributed by atoms with E-state index in [1.165, 1.54) is 11.8 Å². The van der Waals surface area contributed by atoms with E-state index in [9.17, 15) is 9.59 Å². The normalized spacial score (nSPS) is 16.0. The molecule has 24 heavy (non-hydrogen) atoms. The standard InChI is InChI=1S/C17H22N2O3S2/c1-17(2,3)22-15(21)18-13(11-12-7-5-4-6-8-12)14(20)19-9-10-24-16(19)23/h4-8,13H,9-11H2,1-3H3,(H,18,21)/t13-/m1/s1. The minimum Gasteiger partial charge on any atom is -0.444 e. The lowest BCUT2D eigenvalue weighted by molar-refractivity contribution is -0.129. The fraction of sp³-hybridized carbons (Fsp3) is 0.471. The molecule has 1 aromatic carbocycles. The Morgan fingerprint density at radius 1 is 1.33 bits per heavy atom. The van der Waals surface area contributed by atoms with Crippen LogP contribution in [0.3, 0.4) is 0 Å². The molecule has 5 nitrogen and oxygen atoms in total. The Balaban J connectivity index is 2.13.